The van der Waals surface area contributed by atoms with Crippen LogP contribution in [0.5, 0.6) is 0 Å². The molecule has 118 valence electrons. The molecule has 1 N–H and O–H groups in total. The lowest BCUT2D eigenvalue weighted by Gasteiger charge is -2.38. The maximum absolute atomic E-state index is 6.46. The molecule has 1 nitrogen and oxygen atoms in total. The Labute approximate surface area is 155 Å². The van der Waals surface area contributed by atoms with Gasteiger partial charge in [-0.25, -0.2) is 0 Å². The molecule has 3 atom stereocenters. The predicted octanol–water partition coefficient (Wildman–Crippen LogP) is 7.13. The van der Waals surface area contributed by atoms with E-state index in [1.165, 1.54) is 5.56 Å². The van der Waals surface area contributed by atoms with Crippen LogP contribution in [0.1, 0.15) is 29.5 Å². The molecule has 0 saturated heterocycles. The second-order valence-corrected chi connectivity index (χ2v) is 7.51. The lowest BCUT2D eigenvalue weighted by molar-refractivity contribution is 0.426. The van der Waals surface area contributed by atoms with Crippen molar-refractivity contribution >= 4 is 52.1 Å². The first-order chi connectivity index (χ1) is 11.1. The highest BCUT2D eigenvalue weighted by Gasteiger charge is 2.39. The highest BCUT2D eigenvalue weighted by atomic mass is 35.5. The number of rotatable bonds is 1. The van der Waals surface area contributed by atoms with E-state index in [9.17, 15) is 0 Å². The van der Waals surface area contributed by atoms with Crippen LogP contribution in [-0.2, 0) is 0 Å². The summed E-state index contributed by atoms with van der Waals surface area (Å²) < 4.78 is 0. The molecular weight excluding hydrogens is 372 g/mol. The van der Waals surface area contributed by atoms with Gasteiger partial charge in [-0.05, 0) is 35.6 Å². The second-order valence-electron chi connectivity index (χ2n) is 5.94. The smallest absolute Gasteiger partial charge is 0.0826 e. The summed E-state index contributed by atoms with van der Waals surface area (Å²) in [4.78, 5) is 0. The second kappa shape index (κ2) is 5.89. The largest absolute Gasteiger partial charge is 0.376 e. The first-order valence-electron chi connectivity index (χ1n) is 7.43. The van der Waals surface area contributed by atoms with Crippen molar-refractivity contribution in [2.45, 2.75) is 18.4 Å². The van der Waals surface area contributed by atoms with Gasteiger partial charge in [0.05, 0.1) is 31.8 Å². The third-order valence-corrected chi connectivity index (χ3v) is 6.38. The lowest BCUT2D eigenvalue weighted by Crippen LogP contribution is -2.29. The summed E-state index contributed by atoms with van der Waals surface area (Å²) in [7, 11) is 0. The fraction of sp³-hybridized carbons (Fsp3) is 0.222. The Bertz CT molecular complexity index is 815. The van der Waals surface area contributed by atoms with E-state index in [2.05, 4.69) is 23.5 Å². The van der Waals surface area contributed by atoms with E-state index in [0.717, 1.165) is 17.7 Å². The molecule has 0 amide bonds. The van der Waals surface area contributed by atoms with E-state index in [0.29, 0.717) is 31.9 Å². The highest BCUT2D eigenvalue weighted by Crippen LogP contribution is 2.53. The first kappa shape index (κ1) is 15.7. The molecule has 5 heteroatoms. The van der Waals surface area contributed by atoms with Crippen molar-refractivity contribution in [3.63, 3.8) is 0 Å². The number of allylic oxidation sites excluding steroid dienone is 2. The first-order valence-corrected chi connectivity index (χ1v) is 8.94. The predicted molar refractivity (Wildman–Crippen MR) is 99.3 cm³/mol. The van der Waals surface area contributed by atoms with E-state index >= 15 is 0 Å². The van der Waals surface area contributed by atoms with Crippen LogP contribution in [0.4, 0.5) is 5.69 Å². The summed E-state index contributed by atoms with van der Waals surface area (Å²) in [6, 6.07) is 9.71. The van der Waals surface area contributed by atoms with Gasteiger partial charge in [0, 0.05) is 5.92 Å². The minimum atomic E-state index is 0.0460. The molecule has 0 unspecified atom stereocenters. The van der Waals surface area contributed by atoms with Crippen molar-refractivity contribution in [1.82, 2.24) is 0 Å². The number of benzene rings is 2. The molecule has 2 aromatic carbocycles. The number of nitrogens with one attached hydrogen (secondary N) is 1. The van der Waals surface area contributed by atoms with E-state index in [1.807, 2.05) is 18.2 Å². The van der Waals surface area contributed by atoms with Crippen LogP contribution < -0.4 is 5.32 Å². The molecule has 2 aliphatic rings. The number of fused-ring (bicyclic) bond motifs is 3. The molecule has 0 saturated carbocycles. The fourth-order valence-corrected chi connectivity index (χ4v) is 4.48. The zero-order valence-corrected chi connectivity index (χ0v) is 15.0. The molecule has 0 fully saturated rings. The standard InChI is InChI=1S/C18H13Cl4N/c19-13-6-2-5-12(15(13)21)17-10-4-1-3-9(10)11-7-8-14(20)16(22)18(11)23-17/h1-3,5-10,17,23H,4H2/t9-,10+,17+/m0/s1. The Morgan fingerprint density at radius 2 is 1.65 bits per heavy atom. The van der Waals surface area contributed by atoms with Gasteiger partial charge in [0.1, 0.15) is 0 Å². The summed E-state index contributed by atoms with van der Waals surface area (Å²) in [5.74, 6) is 0.691. The molecule has 2 aromatic rings. The third kappa shape index (κ3) is 2.46. The zero-order chi connectivity index (χ0) is 16.1. The van der Waals surface area contributed by atoms with Crippen molar-refractivity contribution in [3.05, 3.63) is 73.7 Å². The molecule has 0 bridgehead atoms. The fourth-order valence-electron chi connectivity index (χ4n) is 3.67. The Morgan fingerprint density at radius 1 is 0.870 bits per heavy atom. The summed E-state index contributed by atoms with van der Waals surface area (Å²) in [5, 5.41) is 5.84. The van der Waals surface area contributed by atoms with Gasteiger partial charge in [0.15, 0.2) is 0 Å². The van der Waals surface area contributed by atoms with Crippen LogP contribution in [0, 0.1) is 5.92 Å². The van der Waals surface area contributed by atoms with Crippen LogP contribution in [0.3, 0.4) is 0 Å². The van der Waals surface area contributed by atoms with Gasteiger partial charge in [-0.1, -0.05) is 76.8 Å². The lowest BCUT2D eigenvalue weighted by atomic mass is 9.77. The average Bonchev–Trinajstić information content (AvgIpc) is 3.03. The summed E-state index contributed by atoms with van der Waals surface area (Å²) in [6.07, 6.45) is 5.46. The minimum Gasteiger partial charge on any atom is -0.376 e. The zero-order valence-electron chi connectivity index (χ0n) is 12.0. The Kier molecular flexibility index (Phi) is 4.01. The van der Waals surface area contributed by atoms with Crippen molar-refractivity contribution in [2.24, 2.45) is 5.92 Å². The topological polar surface area (TPSA) is 12.0 Å². The van der Waals surface area contributed by atoms with E-state index in [4.69, 9.17) is 46.4 Å². The van der Waals surface area contributed by atoms with Gasteiger partial charge in [-0.15, -0.1) is 0 Å². The van der Waals surface area contributed by atoms with Crippen molar-refractivity contribution in [2.75, 3.05) is 5.32 Å². The van der Waals surface area contributed by atoms with Crippen LogP contribution in [0.25, 0.3) is 0 Å². The maximum Gasteiger partial charge on any atom is 0.0826 e. The molecule has 1 heterocycles. The quantitative estimate of drug-likeness (QED) is 0.515. The summed E-state index contributed by atoms with van der Waals surface area (Å²) >= 11 is 25.3. The van der Waals surface area contributed by atoms with Gasteiger partial charge in [0.25, 0.3) is 0 Å². The van der Waals surface area contributed by atoms with Crippen LogP contribution in [0.2, 0.25) is 20.1 Å². The van der Waals surface area contributed by atoms with Crippen molar-refractivity contribution in [1.29, 1.82) is 0 Å². The normalized spacial score (nSPS) is 25.0. The SMILES string of the molecule is Clc1cccc([C@@H]2Nc3c(ccc(Cl)c3Cl)[C@H]3C=CC[C@H]32)c1Cl. The number of anilines is 1. The van der Waals surface area contributed by atoms with E-state index in [-0.39, 0.29) is 6.04 Å². The molecular formula is C18H13Cl4N. The van der Waals surface area contributed by atoms with Crippen molar-refractivity contribution < 1.29 is 0 Å². The molecule has 23 heavy (non-hydrogen) atoms. The molecule has 1 aliphatic heterocycles. The third-order valence-electron chi connectivity index (χ3n) is 4.74. The Morgan fingerprint density at radius 3 is 2.48 bits per heavy atom. The van der Waals surface area contributed by atoms with Crippen LogP contribution >= 0.6 is 46.4 Å². The van der Waals surface area contributed by atoms with E-state index in [1.54, 1.807) is 6.07 Å². The molecule has 4 rings (SSSR count). The number of halogens is 4. The van der Waals surface area contributed by atoms with Gasteiger partial charge in [0.2, 0.25) is 0 Å². The molecule has 0 aromatic heterocycles. The van der Waals surface area contributed by atoms with E-state index < -0.39 is 0 Å². The van der Waals surface area contributed by atoms with Gasteiger partial charge < -0.3 is 5.32 Å². The summed E-state index contributed by atoms with van der Waals surface area (Å²) in [6.45, 7) is 0. The Balaban J connectivity index is 1.87. The van der Waals surface area contributed by atoms with Gasteiger partial charge in [-0.2, -0.15) is 0 Å². The minimum absolute atomic E-state index is 0.0460. The molecule has 0 radical (unpaired) electrons. The number of hydrogen-bond acceptors (Lipinski definition) is 1. The summed E-state index contributed by atoms with van der Waals surface area (Å²) in [5.41, 5.74) is 3.08. The van der Waals surface area contributed by atoms with Crippen LogP contribution in [0.15, 0.2) is 42.5 Å². The van der Waals surface area contributed by atoms with Crippen molar-refractivity contribution in [3.8, 4) is 0 Å². The Hall–Kier alpha value is -0.860. The van der Waals surface area contributed by atoms with Gasteiger partial charge >= 0.3 is 0 Å². The highest BCUT2D eigenvalue weighted by molar-refractivity contribution is 6.44. The number of hydrogen-bond donors (Lipinski definition) is 1. The molecule has 0 spiro atoms. The maximum atomic E-state index is 6.46. The van der Waals surface area contributed by atoms with Gasteiger partial charge in [-0.3, -0.25) is 0 Å². The monoisotopic (exact) mass is 383 g/mol. The average molecular weight is 385 g/mol. The molecule has 1 aliphatic carbocycles. The van der Waals surface area contributed by atoms with Crippen LogP contribution in [-0.4, -0.2) is 0 Å².